The molecule has 1 aliphatic heterocycles. The zero-order valence-corrected chi connectivity index (χ0v) is 6.67. The number of piperidine rings is 1. The second kappa shape index (κ2) is 2.48. The summed E-state index contributed by atoms with van der Waals surface area (Å²) in [7, 11) is 0. The molecule has 2 unspecified atom stereocenters. The minimum atomic E-state index is 0.0176. The Morgan fingerprint density at radius 2 is 2.18 bits per heavy atom. The Hall–Kier alpha value is -0.570. The van der Waals surface area contributed by atoms with E-state index in [0.29, 0.717) is 18.4 Å². The van der Waals surface area contributed by atoms with Crippen LogP contribution in [0.4, 0.5) is 0 Å². The number of rotatable bonds is 2. The Morgan fingerprint density at radius 1 is 1.55 bits per heavy atom. The lowest BCUT2D eigenvalue weighted by atomic mass is 10.3. The van der Waals surface area contributed by atoms with Crippen LogP contribution in [0.5, 0.6) is 0 Å². The van der Waals surface area contributed by atoms with Gasteiger partial charge in [-0.2, -0.15) is 0 Å². The van der Waals surface area contributed by atoms with E-state index in [1.165, 1.54) is 0 Å². The summed E-state index contributed by atoms with van der Waals surface area (Å²) < 4.78 is 4.94. The molecule has 0 amide bonds. The maximum Gasteiger partial charge on any atom is 0.309 e. The van der Waals surface area contributed by atoms with Gasteiger partial charge in [-0.05, 0) is 31.8 Å². The molecule has 2 rings (SSSR count). The number of ether oxygens (including phenoxy) is 1. The zero-order chi connectivity index (χ0) is 7.84. The van der Waals surface area contributed by atoms with Crippen molar-refractivity contribution in [3.63, 3.8) is 0 Å². The third kappa shape index (κ3) is 1.03. The third-order valence-electron chi connectivity index (χ3n) is 2.65. The summed E-state index contributed by atoms with van der Waals surface area (Å²) >= 11 is 0. The monoisotopic (exact) mass is 155 g/mol. The van der Waals surface area contributed by atoms with E-state index in [1.807, 2.05) is 6.92 Å². The van der Waals surface area contributed by atoms with Crippen LogP contribution >= 0.6 is 0 Å². The fraction of sp³-hybridized carbons (Fsp3) is 0.875. The van der Waals surface area contributed by atoms with E-state index in [1.54, 1.807) is 0 Å². The molecule has 0 aromatic heterocycles. The van der Waals surface area contributed by atoms with E-state index in [2.05, 4.69) is 5.32 Å². The van der Waals surface area contributed by atoms with Crippen LogP contribution < -0.4 is 5.32 Å². The summed E-state index contributed by atoms with van der Waals surface area (Å²) in [5, 5.41) is 3.24. The highest BCUT2D eigenvalue weighted by atomic mass is 16.5. The van der Waals surface area contributed by atoms with Crippen molar-refractivity contribution in [2.45, 2.75) is 6.92 Å². The number of hydrogen-bond donors (Lipinski definition) is 1. The lowest BCUT2D eigenvalue weighted by Crippen LogP contribution is -2.20. The number of hydrogen-bond acceptors (Lipinski definition) is 3. The fourth-order valence-corrected chi connectivity index (χ4v) is 2.01. The molecule has 1 N–H and O–H groups in total. The predicted octanol–water partition coefficient (Wildman–Crippen LogP) is 0.0149. The highest BCUT2D eigenvalue weighted by Gasteiger charge is 2.57. The maximum absolute atomic E-state index is 11.2. The normalized spacial score (nSPS) is 39.9. The van der Waals surface area contributed by atoms with Crippen molar-refractivity contribution in [3.05, 3.63) is 0 Å². The van der Waals surface area contributed by atoms with Crippen molar-refractivity contribution in [3.8, 4) is 0 Å². The zero-order valence-electron chi connectivity index (χ0n) is 6.67. The van der Waals surface area contributed by atoms with Crippen LogP contribution in [0.15, 0.2) is 0 Å². The van der Waals surface area contributed by atoms with E-state index in [0.717, 1.165) is 13.1 Å². The molecule has 11 heavy (non-hydrogen) atoms. The maximum atomic E-state index is 11.2. The molecular weight excluding hydrogens is 142 g/mol. The van der Waals surface area contributed by atoms with Crippen molar-refractivity contribution >= 4 is 5.97 Å². The lowest BCUT2D eigenvalue weighted by molar-refractivity contribution is -0.145. The van der Waals surface area contributed by atoms with Gasteiger partial charge in [-0.1, -0.05) is 0 Å². The van der Waals surface area contributed by atoms with E-state index in [-0.39, 0.29) is 11.9 Å². The quantitative estimate of drug-likeness (QED) is 0.571. The first-order valence-corrected chi connectivity index (χ1v) is 4.22. The molecule has 3 atom stereocenters. The summed E-state index contributed by atoms with van der Waals surface area (Å²) in [4.78, 5) is 11.2. The van der Waals surface area contributed by atoms with Crippen molar-refractivity contribution in [1.29, 1.82) is 0 Å². The highest BCUT2D eigenvalue weighted by Crippen LogP contribution is 2.49. The van der Waals surface area contributed by atoms with Crippen LogP contribution in [-0.4, -0.2) is 25.7 Å². The number of esters is 1. The predicted molar refractivity (Wildman–Crippen MR) is 40.0 cm³/mol. The number of fused-ring (bicyclic) bond motifs is 1. The Morgan fingerprint density at radius 3 is 2.73 bits per heavy atom. The number of carbonyl (C=O) groups is 1. The average molecular weight is 155 g/mol. The SMILES string of the molecule is CCOC(=O)C1C2CNC[C@@H]21. The van der Waals surface area contributed by atoms with Crippen LogP contribution in [0.1, 0.15) is 6.92 Å². The summed E-state index contributed by atoms with van der Waals surface area (Å²) in [6, 6.07) is 0. The van der Waals surface area contributed by atoms with Gasteiger partial charge in [0.05, 0.1) is 12.5 Å². The minimum absolute atomic E-state index is 0.0176. The number of nitrogens with one attached hydrogen (secondary N) is 1. The molecule has 0 bridgehead atoms. The van der Waals surface area contributed by atoms with Crippen LogP contribution in [0.2, 0.25) is 0 Å². The third-order valence-corrected chi connectivity index (χ3v) is 2.65. The molecule has 3 heteroatoms. The molecule has 1 saturated heterocycles. The molecule has 1 heterocycles. The van der Waals surface area contributed by atoms with E-state index in [9.17, 15) is 4.79 Å². The first kappa shape index (κ1) is 7.10. The van der Waals surface area contributed by atoms with E-state index >= 15 is 0 Å². The highest BCUT2D eigenvalue weighted by molar-refractivity contribution is 5.76. The van der Waals surface area contributed by atoms with Crippen molar-refractivity contribution in [2.24, 2.45) is 17.8 Å². The molecule has 1 aliphatic carbocycles. The molecule has 0 spiro atoms. The summed E-state index contributed by atoms with van der Waals surface area (Å²) in [6.07, 6.45) is 0. The second-order valence-electron chi connectivity index (χ2n) is 3.26. The number of carbonyl (C=O) groups excluding carboxylic acids is 1. The molecule has 1 saturated carbocycles. The molecule has 3 nitrogen and oxygen atoms in total. The second-order valence-corrected chi connectivity index (χ2v) is 3.26. The van der Waals surface area contributed by atoms with Gasteiger partial charge >= 0.3 is 5.97 Å². The smallest absolute Gasteiger partial charge is 0.309 e. The van der Waals surface area contributed by atoms with Gasteiger partial charge in [0.2, 0.25) is 0 Å². The molecule has 0 aromatic rings. The Labute approximate surface area is 66.1 Å². The summed E-state index contributed by atoms with van der Waals surface area (Å²) in [5.74, 6) is 1.43. The Kier molecular flexibility index (Phi) is 1.60. The topological polar surface area (TPSA) is 38.3 Å². The Balaban J connectivity index is 1.85. The molecule has 2 fully saturated rings. The minimum Gasteiger partial charge on any atom is -0.466 e. The van der Waals surface area contributed by atoms with Gasteiger partial charge in [0, 0.05) is 0 Å². The lowest BCUT2D eigenvalue weighted by Gasteiger charge is -2.03. The van der Waals surface area contributed by atoms with E-state index < -0.39 is 0 Å². The van der Waals surface area contributed by atoms with E-state index in [4.69, 9.17) is 4.74 Å². The van der Waals surface area contributed by atoms with Gasteiger partial charge in [-0.15, -0.1) is 0 Å². The standard InChI is InChI=1S/C8H13NO2/c1-2-11-8(10)7-5-3-9-4-6(5)7/h5-7,9H,2-4H2,1H3/t5-,6?,7?/m0/s1. The van der Waals surface area contributed by atoms with Crippen LogP contribution in [-0.2, 0) is 9.53 Å². The molecule has 62 valence electrons. The van der Waals surface area contributed by atoms with Crippen LogP contribution in [0, 0.1) is 17.8 Å². The first-order valence-electron chi connectivity index (χ1n) is 4.22. The Bertz CT molecular complexity index is 171. The van der Waals surface area contributed by atoms with Crippen LogP contribution in [0.25, 0.3) is 0 Å². The van der Waals surface area contributed by atoms with Crippen molar-refractivity contribution < 1.29 is 9.53 Å². The molecule has 0 aromatic carbocycles. The van der Waals surface area contributed by atoms with Gasteiger partial charge < -0.3 is 10.1 Å². The van der Waals surface area contributed by atoms with Gasteiger partial charge in [0.1, 0.15) is 0 Å². The first-order chi connectivity index (χ1) is 5.34. The van der Waals surface area contributed by atoms with Crippen molar-refractivity contribution in [1.82, 2.24) is 5.32 Å². The van der Waals surface area contributed by atoms with Crippen molar-refractivity contribution in [2.75, 3.05) is 19.7 Å². The summed E-state index contributed by atoms with van der Waals surface area (Å²) in [6.45, 7) is 4.39. The van der Waals surface area contributed by atoms with Gasteiger partial charge in [-0.3, -0.25) is 4.79 Å². The van der Waals surface area contributed by atoms with Gasteiger partial charge in [0.15, 0.2) is 0 Å². The van der Waals surface area contributed by atoms with Gasteiger partial charge in [0.25, 0.3) is 0 Å². The molecule has 0 radical (unpaired) electrons. The summed E-state index contributed by atoms with van der Waals surface area (Å²) in [5.41, 5.74) is 0. The average Bonchev–Trinajstić information content (AvgIpc) is 2.47. The van der Waals surface area contributed by atoms with Crippen LogP contribution in [0.3, 0.4) is 0 Å². The largest absolute Gasteiger partial charge is 0.466 e. The van der Waals surface area contributed by atoms with Gasteiger partial charge in [-0.25, -0.2) is 0 Å². The fourth-order valence-electron chi connectivity index (χ4n) is 2.01. The molecular formula is C8H13NO2. The molecule has 2 aliphatic rings.